The maximum atomic E-state index is 12.9. The fraction of sp³-hybridized carbons (Fsp3) is 0.868. The van der Waals surface area contributed by atoms with Crippen molar-refractivity contribution in [2.24, 2.45) is 0 Å². The van der Waals surface area contributed by atoms with Crippen LogP contribution in [0.2, 0.25) is 0 Å². The number of allylic oxidation sites excluding steroid dienone is 5. The number of quaternary nitrogens is 1. The van der Waals surface area contributed by atoms with Gasteiger partial charge in [-0.3, -0.25) is 9.36 Å². The highest BCUT2D eigenvalue weighted by Crippen LogP contribution is 2.38. The van der Waals surface area contributed by atoms with Gasteiger partial charge in [0.15, 0.2) is 0 Å². The van der Waals surface area contributed by atoms with Crippen molar-refractivity contribution in [2.75, 3.05) is 40.9 Å². The molecule has 9 heteroatoms. The molecule has 0 rings (SSSR count). The third kappa shape index (κ3) is 46.7. The Morgan fingerprint density at radius 3 is 1.42 bits per heavy atom. The Hall–Kier alpha value is -1.28. The predicted octanol–water partition coefficient (Wildman–Crippen LogP) is 14.8. The maximum absolute atomic E-state index is 12.9. The maximum Gasteiger partial charge on any atom is 0.268 e. The summed E-state index contributed by atoms with van der Waals surface area (Å²) < 4.78 is 23.3. The summed E-state index contributed by atoms with van der Waals surface area (Å²) in [5.41, 5.74) is 0. The Kier molecular flexibility index (Phi) is 44.0. The number of likely N-dealkylation sites (N-methyl/N-ethyl adjacent to an activating group) is 1. The van der Waals surface area contributed by atoms with Gasteiger partial charge in [-0.15, -0.1) is 0 Å². The molecule has 0 aliphatic carbocycles. The Morgan fingerprint density at radius 1 is 0.581 bits per heavy atom. The molecule has 0 fully saturated rings. The number of unbranched alkanes of at least 4 members (excludes halogenated alkanes) is 31. The summed E-state index contributed by atoms with van der Waals surface area (Å²) in [6, 6.07) is -0.885. The number of carbonyl (C=O) groups excluding carboxylic acids is 1. The van der Waals surface area contributed by atoms with Crippen molar-refractivity contribution < 1.29 is 32.9 Å². The van der Waals surface area contributed by atoms with Gasteiger partial charge in [-0.1, -0.05) is 230 Å². The summed E-state index contributed by atoms with van der Waals surface area (Å²) in [7, 11) is 1.27. The van der Waals surface area contributed by atoms with Crippen LogP contribution in [0.5, 0.6) is 0 Å². The molecule has 0 aromatic heterocycles. The fourth-order valence-electron chi connectivity index (χ4n) is 7.72. The monoisotopic (exact) mass is 895 g/mol. The first kappa shape index (κ1) is 60.7. The molecule has 3 unspecified atom stereocenters. The van der Waals surface area contributed by atoms with Gasteiger partial charge in [-0.25, -0.2) is 0 Å². The first-order valence-corrected chi connectivity index (χ1v) is 27.8. The van der Waals surface area contributed by atoms with Gasteiger partial charge >= 0.3 is 0 Å². The molecule has 366 valence electrons. The standard InChI is InChI=1S/C53H103N2O6P/c1-6-8-10-12-14-16-18-20-22-24-26-27-29-31-33-35-37-39-41-43-45-47-53(57)54-51(50-61-62(58,59)60-49-48-55(3,4)5)52(56)46-44-42-40-38-36-34-32-30-28-25-23-21-19-17-15-13-11-9-7-2/h8,10,14,16,44,46,51-52,56H,6-7,9,11-13,15,17-43,45,47-50H2,1-5H3,(H-,54,57,58,59)/b10-8-,16-14-,46-44+. The van der Waals surface area contributed by atoms with Crippen molar-refractivity contribution in [3.8, 4) is 0 Å². The highest BCUT2D eigenvalue weighted by Gasteiger charge is 2.23. The van der Waals surface area contributed by atoms with Crippen molar-refractivity contribution in [1.29, 1.82) is 0 Å². The number of carbonyl (C=O) groups is 1. The Morgan fingerprint density at radius 2 is 0.984 bits per heavy atom. The Balaban J connectivity index is 4.27. The lowest BCUT2D eigenvalue weighted by Gasteiger charge is -2.29. The first-order valence-electron chi connectivity index (χ1n) is 26.4. The molecule has 0 aliphatic rings. The lowest BCUT2D eigenvalue weighted by molar-refractivity contribution is -0.870. The molecule has 0 aromatic carbocycles. The van der Waals surface area contributed by atoms with Gasteiger partial charge in [0.2, 0.25) is 5.91 Å². The topological polar surface area (TPSA) is 108 Å². The summed E-state index contributed by atoms with van der Waals surface area (Å²) in [5, 5.41) is 13.9. The summed E-state index contributed by atoms with van der Waals surface area (Å²) >= 11 is 0. The van der Waals surface area contributed by atoms with Crippen LogP contribution in [0.1, 0.15) is 245 Å². The van der Waals surface area contributed by atoms with E-state index in [4.69, 9.17) is 9.05 Å². The molecule has 0 bridgehead atoms. The Labute approximate surface area is 385 Å². The van der Waals surface area contributed by atoms with Crippen molar-refractivity contribution in [1.82, 2.24) is 5.32 Å². The number of phosphoric acid groups is 1. The molecule has 3 atom stereocenters. The molecule has 0 saturated heterocycles. The van der Waals surface area contributed by atoms with E-state index in [-0.39, 0.29) is 19.1 Å². The summed E-state index contributed by atoms with van der Waals surface area (Å²) in [4.78, 5) is 25.4. The molecular weight excluding hydrogens is 792 g/mol. The second-order valence-corrected chi connectivity index (χ2v) is 20.6. The van der Waals surface area contributed by atoms with Gasteiger partial charge in [-0.05, 0) is 44.9 Å². The number of phosphoric ester groups is 1. The lowest BCUT2D eigenvalue weighted by atomic mass is 10.0. The van der Waals surface area contributed by atoms with Gasteiger partial charge in [0, 0.05) is 6.42 Å². The average molecular weight is 895 g/mol. The largest absolute Gasteiger partial charge is 0.756 e. The molecule has 1 amide bonds. The van der Waals surface area contributed by atoms with Crippen molar-refractivity contribution in [3.63, 3.8) is 0 Å². The molecule has 8 nitrogen and oxygen atoms in total. The van der Waals surface area contributed by atoms with Gasteiger partial charge in [0.05, 0.1) is 39.9 Å². The van der Waals surface area contributed by atoms with E-state index in [1.54, 1.807) is 6.08 Å². The molecule has 0 aromatic rings. The van der Waals surface area contributed by atoms with Crippen LogP contribution in [0.4, 0.5) is 0 Å². The van der Waals surface area contributed by atoms with E-state index in [0.717, 1.165) is 51.4 Å². The fourth-order valence-corrected chi connectivity index (χ4v) is 8.44. The SMILES string of the molecule is CC/C=C\C/C=C\CCCCCCCCCCCCCCCCC(=O)NC(COP(=O)([O-])OCC[N+](C)(C)C)C(O)/C=C/CCCCCCCCCCCCCCCCCCC. The molecule has 0 heterocycles. The van der Waals surface area contributed by atoms with Crippen LogP contribution in [0.15, 0.2) is 36.5 Å². The minimum Gasteiger partial charge on any atom is -0.756 e. The van der Waals surface area contributed by atoms with Crippen LogP contribution in [-0.4, -0.2) is 68.5 Å². The number of rotatable bonds is 48. The normalized spacial score (nSPS) is 14.4. The quantitative estimate of drug-likeness (QED) is 0.0273. The van der Waals surface area contributed by atoms with E-state index in [2.05, 4.69) is 43.5 Å². The van der Waals surface area contributed by atoms with Crippen LogP contribution in [0, 0.1) is 0 Å². The molecule has 0 saturated carbocycles. The van der Waals surface area contributed by atoms with Gasteiger partial charge in [0.1, 0.15) is 13.2 Å². The molecule has 62 heavy (non-hydrogen) atoms. The van der Waals surface area contributed by atoms with Crippen LogP contribution in [0.3, 0.4) is 0 Å². The van der Waals surface area contributed by atoms with Crippen LogP contribution >= 0.6 is 7.82 Å². The predicted molar refractivity (Wildman–Crippen MR) is 265 cm³/mol. The zero-order chi connectivity index (χ0) is 45.7. The third-order valence-corrected chi connectivity index (χ3v) is 12.8. The van der Waals surface area contributed by atoms with E-state index in [1.807, 2.05) is 27.2 Å². The molecule has 0 radical (unpaired) electrons. The molecular formula is C53H103N2O6P. The molecule has 0 spiro atoms. The number of nitrogens with one attached hydrogen (secondary N) is 1. The summed E-state index contributed by atoms with van der Waals surface area (Å²) in [5.74, 6) is -0.196. The third-order valence-electron chi connectivity index (χ3n) is 11.9. The smallest absolute Gasteiger partial charge is 0.268 e. The highest BCUT2D eigenvalue weighted by molar-refractivity contribution is 7.45. The summed E-state index contributed by atoms with van der Waals surface area (Å²) in [6.45, 7) is 4.57. The highest BCUT2D eigenvalue weighted by atomic mass is 31.2. The number of amides is 1. The first-order chi connectivity index (χ1) is 30.0. The van der Waals surface area contributed by atoms with Crippen molar-refractivity contribution >= 4 is 13.7 Å². The van der Waals surface area contributed by atoms with E-state index in [1.165, 1.54) is 173 Å². The van der Waals surface area contributed by atoms with Gasteiger partial charge < -0.3 is 28.8 Å². The van der Waals surface area contributed by atoms with Crippen LogP contribution < -0.4 is 10.2 Å². The van der Waals surface area contributed by atoms with Crippen LogP contribution in [0.25, 0.3) is 0 Å². The zero-order valence-electron chi connectivity index (χ0n) is 41.6. The van der Waals surface area contributed by atoms with Crippen molar-refractivity contribution in [2.45, 2.75) is 257 Å². The number of hydrogen-bond donors (Lipinski definition) is 2. The second kappa shape index (κ2) is 44.9. The molecule has 2 N–H and O–H groups in total. The van der Waals surface area contributed by atoms with Crippen molar-refractivity contribution in [3.05, 3.63) is 36.5 Å². The second-order valence-electron chi connectivity index (χ2n) is 19.2. The van der Waals surface area contributed by atoms with E-state index in [0.29, 0.717) is 17.4 Å². The number of aliphatic hydroxyl groups excluding tert-OH is 1. The number of aliphatic hydroxyl groups is 1. The number of nitrogens with zero attached hydrogens (tertiary/aromatic N) is 1. The van der Waals surface area contributed by atoms with E-state index >= 15 is 0 Å². The van der Waals surface area contributed by atoms with E-state index in [9.17, 15) is 19.4 Å². The summed E-state index contributed by atoms with van der Waals surface area (Å²) in [6.07, 6.45) is 56.3. The average Bonchev–Trinajstić information content (AvgIpc) is 3.23. The van der Waals surface area contributed by atoms with Gasteiger partial charge in [-0.2, -0.15) is 0 Å². The Bertz CT molecular complexity index is 1110. The minimum atomic E-state index is -4.59. The number of hydrogen-bond acceptors (Lipinski definition) is 6. The lowest BCUT2D eigenvalue weighted by Crippen LogP contribution is -2.45. The zero-order valence-corrected chi connectivity index (χ0v) is 42.5. The van der Waals surface area contributed by atoms with Crippen LogP contribution in [-0.2, 0) is 18.4 Å². The van der Waals surface area contributed by atoms with E-state index < -0.39 is 20.0 Å². The minimum absolute atomic E-state index is 0.000200. The van der Waals surface area contributed by atoms with Gasteiger partial charge in [0.25, 0.3) is 7.82 Å². The molecule has 0 aliphatic heterocycles.